The van der Waals surface area contributed by atoms with Crippen LogP contribution < -0.4 is 15.4 Å². The zero-order valence-corrected chi connectivity index (χ0v) is 43.3. The van der Waals surface area contributed by atoms with Crippen LogP contribution in [-0.4, -0.2) is 92.1 Å². The number of carbonyl (C=O) groups is 3. The topological polar surface area (TPSA) is 179 Å². The number of benzene rings is 2. The average molecular weight is 1010 g/mol. The van der Waals surface area contributed by atoms with Gasteiger partial charge < -0.3 is 24.8 Å². The normalized spacial score (nSPS) is 20.2. The lowest BCUT2D eigenvalue weighted by atomic mass is 9.89. The van der Waals surface area contributed by atoms with E-state index >= 15 is 0 Å². The molecule has 1 saturated carbocycles. The van der Waals surface area contributed by atoms with Gasteiger partial charge in [0.05, 0.1) is 24.4 Å². The fourth-order valence-electron chi connectivity index (χ4n) is 10.2. The summed E-state index contributed by atoms with van der Waals surface area (Å²) in [6.45, 7) is 14.7. The summed E-state index contributed by atoms with van der Waals surface area (Å²) in [6, 6.07) is 17.3. The summed E-state index contributed by atoms with van der Waals surface area (Å²) in [5.41, 5.74) is 7.46. The minimum absolute atomic E-state index is 0.0749. The number of aryl methyl sites for hydroxylation is 3. The third kappa shape index (κ3) is 9.59. The van der Waals surface area contributed by atoms with E-state index in [1.807, 2.05) is 117 Å². The number of pyridine rings is 1. The lowest BCUT2D eigenvalue weighted by Gasteiger charge is -2.35. The van der Waals surface area contributed by atoms with E-state index in [0.29, 0.717) is 42.5 Å². The first-order valence-corrected chi connectivity index (χ1v) is 25.8. The van der Waals surface area contributed by atoms with E-state index in [2.05, 4.69) is 51.6 Å². The summed E-state index contributed by atoms with van der Waals surface area (Å²) in [6.07, 6.45) is 10.8. The molecule has 5 aromatic heterocycles. The number of amides is 3. The molecule has 2 aromatic carbocycles. The van der Waals surface area contributed by atoms with Crippen molar-refractivity contribution in [3.8, 4) is 33.4 Å². The Hall–Kier alpha value is -6.98. The molecule has 5 atom stereocenters. The molecule has 10 rings (SSSR count). The average Bonchev–Trinajstić information content (AvgIpc) is 4.19. The Morgan fingerprint density at radius 3 is 2.38 bits per heavy atom. The van der Waals surface area contributed by atoms with Gasteiger partial charge in [0.15, 0.2) is 5.82 Å². The summed E-state index contributed by atoms with van der Waals surface area (Å²) in [7, 11) is 1.96. The Bertz CT molecular complexity index is 3180. The second kappa shape index (κ2) is 19.9. The zero-order valence-electron chi connectivity index (χ0n) is 41.7. The van der Waals surface area contributed by atoms with Crippen LogP contribution in [0.3, 0.4) is 0 Å². The van der Waals surface area contributed by atoms with E-state index < -0.39 is 18.1 Å². The van der Waals surface area contributed by atoms with Crippen molar-refractivity contribution in [3.05, 3.63) is 135 Å². The smallest absolute Gasteiger partial charge is 0.248 e. The standard InChI is InChI=1S/C54H59ClN12O4S/c1-29(2)49(53(70)65-27-30(3)21-44(65)52(69)59-32(5)35-9-11-37(12-10-35)50-57-19-20-64(50)8)66-28-39(26-58-66)38-17-18-56-46(22-38)71-42-23-41(24-42)60-45(68)25-43-51-63-62-34(7)67(51)54-47(31(4)33(6)72-54)48(61-43)36-13-15-40(55)16-14-36/h9-20,22,26,28-30,32,41-44,49H,21,23-25,27H2,1-8H3,(H,59,69)(H,60,68)/t30-,32+,41?,42?,43+,44+,49+/m1/s1. The number of nitrogens with one attached hydrogen (secondary N) is 2. The number of rotatable bonds is 14. The molecule has 0 unspecified atom stereocenters. The highest BCUT2D eigenvalue weighted by Gasteiger charge is 2.42. The van der Waals surface area contributed by atoms with Gasteiger partial charge in [0.25, 0.3) is 0 Å². The van der Waals surface area contributed by atoms with Crippen LogP contribution >= 0.6 is 22.9 Å². The lowest BCUT2D eigenvalue weighted by Crippen LogP contribution is -2.49. The fourth-order valence-corrected chi connectivity index (χ4v) is 11.5. The van der Waals surface area contributed by atoms with Crippen LogP contribution in [0.4, 0.5) is 0 Å². The third-order valence-electron chi connectivity index (χ3n) is 14.3. The van der Waals surface area contributed by atoms with Crippen molar-refractivity contribution in [2.45, 2.75) is 110 Å². The van der Waals surface area contributed by atoms with E-state index in [4.69, 9.17) is 26.4 Å². The quantitative estimate of drug-likeness (QED) is 0.108. The number of halogens is 1. The maximum absolute atomic E-state index is 14.5. The molecule has 16 nitrogen and oxygen atoms in total. The predicted molar refractivity (Wildman–Crippen MR) is 277 cm³/mol. The largest absolute Gasteiger partial charge is 0.474 e. The molecule has 72 heavy (non-hydrogen) atoms. The van der Waals surface area contributed by atoms with Crippen LogP contribution in [-0.2, 0) is 21.4 Å². The SMILES string of the molecule is Cc1sc2c(c1C)C(c1ccc(Cl)cc1)=N[C@@H](CC(=O)NC1CC(Oc3cc(-c4cnn([C@H](C(=O)N5C[C@H](C)C[C@H]5C(=O)N[C@@H](C)c5ccc(-c6nccn6C)cc5)C(C)C)c4)ccn3)C1)c1nnc(C)n1-2. The maximum Gasteiger partial charge on any atom is 0.248 e. The first-order chi connectivity index (χ1) is 34.6. The number of thiophene rings is 1. The highest BCUT2D eigenvalue weighted by atomic mass is 35.5. The van der Waals surface area contributed by atoms with Crippen molar-refractivity contribution in [2.75, 3.05) is 6.54 Å². The van der Waals surface area contributed by atoms with Crippen molar-refractivity contribution < 1.29 is 19.1 Å². The van der Waals surface area contributed by atoms with Crippen LogP contribution in [0, 0.1) is 32.6 Å². The van der Waals surface area contributed by atoms with Crippen LogP contribution in [0.1, 0.15) is 110 Å². The summed E-state index contributed by atoms with van der Waals surface area (Å²) >= 11 is 7.96. The molecule has 0 bridgehead atoms. The highest BCUT2D eigenvalue weighted by Crippen LogP contribution is 2.40. The molecular weight excluding hydrogens is 948 g/mol. The molecule has 2 N–H and O–H groups in total. The van der Waals surface area contributed by atoms with Gasteiger partial charge in [-0.25, -0.2) is 9.97 Å². The minimum Gasteiger partial charge on any atom is -0.474 e. The second-order valence-electron chi connectivity index (χ2n) is 19.9. The molecule has 0 spiro atoms. The molecule has 2 fully saturated rings. The van der Waals surface area contributed by atoms with Crippen molar-refractivity contribution in [3.63, 3.8) is 0 Å². The van der Waals surface area contributed by atoms with Gasteiger partial charge in [0.1, 0.15) is 40.9 Å². The number of hydrogen-bond donors (Lipinski definition) is 2. The van der Waals surface area contributed by atoms with Gasteiger partial charge in [0, 0.05) is 95.5 Å². The first-order valence-electron chi connectivity index (χ1n) is 24.6. The van der Waals surface area contributed by atoms with Gasteiger partial charge in [-0.15, -0.1) is 21.5 Å². The number of imidazole rings is 1. The van der Waals surface area contributed by atoms with Gasteiger partial charge in [-0.2, -0.15) is 5.10 Å². The number of ether oxygens (including phenoxy) is 1. The summed E-state index contributed by atoms with van der Waals surface area (Å²) in [5, 5.41) is 21.7. The summed E-state index contributed by atoms with van der Waals surface area (Å²) in [4.78, 5) is 59.4. The monoisotopic (exact) mass is 1010 g/mol. The number of aromatic nitrogens is 8. The molecular formula is C54H59ClN12O4S. The summed E-state index contributed by atoms with van der Waals surface area (Å²) in [5.74, 6) is 2.32. The van der Waals surface area contributed by atoms with E-state index in [1.54, 1.807) is 39.5 Å². The number of likely N-dealkylation sites (tertiary alicyclic amines) is 1. The fraction of sp³-hybridized carbons (Fsp3) is 0.389. The van der Waals surface area contributed by atoms with Gasteiger partial charge in [-0.05, 0) is 80.8 Å². The van der Waals surface area contributed by atoms with Crippen LogP contribution in [0.5, 0.6) is 5.88 Å². The molecule has 1 saturated heterocycles. The molecule has 3 aliphatic rings. The van der Waals surface area contributed by atoms with Gasteiger partial charge in [0.2, 0.25) is 23.6 Å². The van der Waals surface area contributed by atoms with Gasteiger partial charge in [-0.3, -0.25) is 28.6 Å². The minimum atomic E-state index is -0.625. The van der Waals surface area contributed by atoms with Crippen molar-refractivity contribution in [1.82, 2.24) is 54.6 Å². The Kier molecular flexibility index (Phi) is 13.4. The third-order valence-corrected chi connectivity index (χ3v) is 15.7. The Morgan fingerprint density at radius 2 is 1.65 bits per heavy atom. The predicted octanol–water partition coefficient (Wildman–Crippen LogP) is 8.89. The molecule has 2 aliphatic heterocycles. The summed E-state index contributed by atoms with van der Waals surface area (Å²) < 4.78 is 12.1. The number of hydrogen-bond acceptors (Lipinski definition) is 11. The molecule has 7 aromatic rings. The van der Waals surface area contributed by atoms with Crippen molar-refractivity contribution >= 4 is 46.4 Å². The van der Waals surface area contributed by atoms with E-state index in [-0.39, 0.29) is 54.2 Å². The zero-order chi connectivity index (χ0) is 50.5. The molecule has 0 radical (unpaired) electrons. The van der Waals surface area contributed by atoms with E-state index in [0.717, 1.165) is 61.3 Å². The molecule has 18 heteroatoms. The second-order valence-corrected chi connectivity index (χ2v) is 21.6. The van der Waals surface area contributed by atoms with Gasteiger partial charge in [-0.1, -0.05) is 68.8 Å². The highest BCUT2D eigenvalue weighted by molar-refractivity contribution is 7.15. The number of nitrogens with zero attached hydrogens (tertiary/aromatic N) is 10. The van der Waals surface area contributed by atoms with Crippen LogP contribution in [0.15, 0.2) is 96.6 Å². The lowest BCUT2D eigenvalue weighted by molar-refractivity contribution is -0.142. The van der Waals surface area contributed by atoms with Crippen LogP contribution in [0.2, 0.25) is 5.02 Å². The molecule has 372 valence electrons. The van der Waals surface area contributed by atoms with Crippen LogP contribution in [0.25, 0.3) is 27.5 Å². The Morgan fingerprint density at radius 1 is 0.903 bits per heavy atom. The van der Waals surface area contributed by atoms with E-state index in [9.17, 15) is 14.4 Å². The number of aliphatic imine (C=N–C) groups is 1. The maximum atomic E-state index is 14.5. The number of carbonyl (C=O) groups excluding carboxylic acids is 3. The Balaban J connectivity index is 0.762. The van der Waals surface area contributed by atoms with Crippen molar-refractivity contribution in [1.29, 1.82) is 0 Å². The molecule has 1 aliphatic carbocycles. The number of fused-ring (bicyclic) bond motifs is 3. The molecule has 7 heterocycles. The molecule has 3 amide bonds. The van der Waals surface area contributed by atoms with Crippen molar-refractivity contribution in [2.24, 2.45) is 23.9 Å². The Labute approximate surface area is 427 Å². The first kappa shape index (κ1) is 48.6. The van der Waals surface area contributed by atoms with Gasteiger partial charge >= 0.3 is 0 Å². The van der Waals surface area contributed by atoms with E-state index in [1.165, 1.54) is 4.88 Å².